The van der Waals surface area contributed by atoms with Crippen LogP contribution in [0.4, 0.5) is 0 Å². The summed E-state index contributed by atoms with van der Waals surface area (Å²) < 4.78 is 32.1. The Labute approximate surface area is 142 Å². The molecule has 2 fully saturated rings. The Morgan fingerprint density at radius 3 is 2.42 bits per heavy atom. The van der Waals surface area contributed by atoms with Crippen molar-refractivity contribution in [2.75, 3.05) is 39.4 Å². The highest BCUT2D eigenvalue weighted by atomic mass is 32.2. The normalized spacial score (nSPS) is 23.2. The molecule has 2 aliphatic heterocycles. The molecule has 1 unspecified atom stereocenters. The predicted molar refractivity (Wildman–Crippen MR) is 87.0 cm³/mol. The fourth-order valence-corrected chi connectivity index (χ4v) is 5.04. The van der Waals surface area contributed by atoms with Gasteiger partial charge in [-0.1, -0.05) is 0 Å². The van der Waals surface area contributed by atoms with E-state index in [0.29, 0.717) is 58.5 Å². The summed E-state index contributed by atoms with van der Waals surface area (Å²) in [5.74, 6) is -0.945. The number of hydrogen-bond acceptors (Lipinski definition) is 5. The number of ether oxygens (including phenoxy) is 1. The van der Waals surface area contributed by atoms with Crippen LogP contribution in [0, 0.1) is 0 Å². The minimum atomic E-state index is -3.41. The average Bonchev–Trinajstić information content (AvgIpc) is 2.59. The van der Waals surface area contributed by atoms with E-state index in [4.69, 9.17) is 9.84 Å². The minimum Gasteiger partial charge on any atom is -0.481 e. The van der Waals surface area contributed by atoms with Gasteiger partial charge in [-0.15, -0.1) is 0 Å². The molecule has 0 aromatic carbocycles. The predicted octanol–water partition coefficient (Wildman–Crippen LogP) is 0.284. The number of rotatable bonds is 7. The van der Waals surface area contributed by atoms with Gasteiger partial charge in [0.25, 0.3) is 0 Å². The van der Waals surface area contributed by atoms with Gasteiger partial charge in [-0.3, -0.25) is 9.59 Å². The van der Waals surface area contributed by atoms with Crippen LogP contribution in [0.25, 0.3) is 0 Å². The van der Waals surface area contributed by atoms with Gasteiger partial charge in [0.1, 0.15) is 0 Å². The second kappa shape index (κ2) is 8.77. The number of unbranched alkanes of at least 4 members (excludes halogenated alkanes) is 1. The first-order valence-electron chi connectivity index (χ1n) is 8.47. The number of carboxylic acids is 1. The smallest absolute Gasteiger partial charge is 0.303 e. The molecule has 0 aliphatic carbocycles. The molecule has 0 spiro atoms. The molecule has 0 radical (unpaired) electrons. The van der Waals surface area contributed by atoms with Crippen LogP contribution in [0.2, 0.25) is 0 Å². The maximum atomic E-state index is 12.7. The molecule has 2 aliphatic rings. The van der Waals surface area contributed by atoms with Crippen molar-refractivity contribution in [3.63, 3.8) is 0 Å². The van der Waals surface area contributed by atoms with Crippen molar-refractivity contribution >= 4 is 21.9 Å². The molecule has 9 heteroatoms. The second-order valence-corrected chi connectivity index (χ2v) is 8.47. The Kier molecular flexibility index (Phi) is 7.00. The van der Waals surface area contributed by atoms with E-state index in [9.17, 15) is 18.0 Å². The van der Waals surface area contributed by atoms with Crippen molar-refractivity contribution in [3.05, 3.63) is 0 Å². The molecular formula is C15H26N2O6S. The molecule has 1 atom stereocenters. The SMILES string of the molecule is O=C(O)CCCCC(=O)N1CCCC(S(=O)(=O)N2CCOCC2)C1. The minimum absolute atomic E-state index is 0.0569. The maximum absolute atomic E-state index is 12.7. The van der Waals surface area contributed by atoms with Gasteiger partial charge >= 0.3 is 5.97 Å². The van der Waals surface area contributed by atoms with Crippen LogP contribution >= 0.6 is 0 Å². The van der Waals surface area contributed by atoms with Gasteiger partial charge < -0.3 is 14.7 Å². The fraction of sp³-hybridized carbons (Fsp3) is 0.867. The van der Waals surface area contributed by atoms with Crippen LogP contribution in [0.15, 0.2) is 0 Å². The third-order valence-corrected chi connectivity index (χ3v) is 6.83. The molecule has 138 valence electrons. The lowest BCUT2D eigenvalue weighted by molar-refractivity contribution is -0.137. The molecule has 8 nitrogen and oxygen atoms in total. The lowest BCUT2D eigenvalue weighted by atomic mass is 10.1. The number of morpholine rings is 1. The quantitative estimate of drug-likeness (QED) is 0.653. The molecule has 2 heterocycles. The Morgan fingerprint density at radius 1 is 1.08 bits per heavy atom. The second-order valence-electron chi connectivity index (χ2n) is 6.26. The third kappa shape index (κ3) is 5.15. The van der Waals surface area contributed by atoms with E-state index in [1.54, 1.807) is 4.90 Å². The molecule has 24 heavy (non-hydrogen) atoms. The first-order chi connectivity index (χ1) is 11.4. The summed E-state index contributed by atoms with van der Waals surface area (Å²) in [5.41, 5.74) is 0. The summed E-state index contributed by atoms with van der Waals surface area (Å²) in [6, 6.07) is 0. The van der Waals surface area contributed by atoms with Crippen LogP contribution in [-0.4, -0.2) is 79.2 Å². The molecule has 0 saturated carbocycles. The van der Waals surface area contributed by atoms with E-state index in [-0.39, 0.29) is 25.3 Å². The van der Waals surface area contributed by atoms with Gasteiger partial charge in [0, 0.05) is 39.0 Å². The number of sulfonamides is 1. The number of carbonyl (C=O) groups excluding carboxylic acids is 1. The zero-order valence-electron chi connectivity index (χ0n) is 13.9. The third-order valence-electron chi connectivity index (χ3n) is 4.51. The van der Waals surface area contributed by atoms with Crippen molar-refractivity contribution in [3.8, 4) is 0 Å². The molecule has 0 bridgehead atoms. The standard InChI is InChI=1S/C15H26N2O6S/c18-14(5-1-2-6-15(19)20)16-7-3-4-13(12-16)24(21,22)17-8-10-23-11-9-17/h13H,1-12H2,(H,19,20). The van der Waals surface area contributed by atoms with Crippen LogP contribution in [0.1, 0.15) is 38.5 Å². The molecule has 1 N–H and O–H groups in total. The molecule has 0 aromatic heterocycles. The molecule has 2 saturated heterocycles. The van der Waals surface area contributed by atoms with Crippen molar-refractivity contribution < 1.29 is 27.9 Å². The summed E-state index contributed by atoms with van der Waals surface area (Å²) >= 11 is 0. The number of piperidine rings is 1. The van der Waals surface area contributed by atoms with Crippen LogP contribution in [-0.2, 0) is 24.3 Å². The lowest BCUT2D eigenvalue weighted by Gasteiger charge is -2.36. The van der Waals surface area contributed by atoms with E-state index in [0.717, 1.165) is 0 Å². The van der Waals surface area contributed by atoms with Crippen LogP contribution in [0.3, 0.4) is 0 Å². The molecule has 2 rings (SSSR count). The molecule has 1 amide bonds. The Bertz CT molecular complexity index is 544. The number of carbonyl (C=O) groups is 2. The van der Waals surface area contributed by atoms with Crippen molar-refractivity contribution in [2.45, 2.75) is 43.8 Å². The first-order valence-corrected chi connectivity index (χ1v) is 9.98. The number of nitrogens with zero attached hydrogens (tertiary/aromatic N) is 2. The first kappa shape index (κ1) is 19.1. The summed E-state index contributed by atoms with van der Waals surface area (Å²) in [7, 11) is -3.41. The van der Waals surface area contributed by atoms with Gasteiger partial charge in [0.2, 0.25) is 15.9 Å². The van der Waals surface area contributed by atoms with Gasteiger partial charge in [0.15, 0.2) is 0 Å². The Hall–Kier alpha value is -1.19. The van der Waals surface area contributed by atoms with Crippen LogP contribution in [0.5, 0.6) is 0 Å². The zero-order chi connectivity index (χ0) is 17.6. The van der Waals surface area contributed by atoms with Crippen molar-refractivity contribution in [2.24, 2.45) is 0 Å². The molecule has 0 aromatic rings. The van der Waals surface area contributed by atoms with E-state index in [1.165, 1.54) is 4.31 Å². The fourth-order valence-electron chi connectivity index (χ4n) is 3.13. The number of amides is 1. The average molecular weight is 362 g/mol. The Morgan fingerprint density at radius 2 is 1.75 bits per heavy atom. The van der Waals surface area contributed by atoms with E-state index in [2.05, 4.69) is 0 Å². The zero-order valence-corrected chi connectivity index (χ0v) is 14.7. The topological polar surface area (TPSA) is 104 Å². The highest BCUT2D eigenvalue weighted by Crippen LogP contribution is 2.22. The number of likely N-dealkylation sites (tertiary alicyclic amines) is 1. The van der Waals surface area contributed by atoms with Gasteiger partial charge in [-0.05, 0) is 25.7 Å². The monoisotopic (exact) mass is 362 g/mol. The van der Waals surface area contributed by atoms with Crippen molar-refractivity contribution in [1.29, 1.82) is 0 Å². The molecular weight excluding hydrogens is 336 g/mol. The van der Waals surface area contributed by atoms with Gasteiger partial charge in [-0.25, -0.2) is 8.42 Å². The summed E-state index contributed by atoms with van der Waals surface area (Å²) in [5, 5.41) is 8.05. The number of aliphatic carboxylic acids is 1. The number of carboxylic acid groups (broad SMARTS) is 1. The largest absolute Gasteiger partial charge is 0.481 e. The highest BCUT2D eigenvalue weighted by Gasteiger charge is 2.37. The maximum Gasteiger partial charge on any atom is 0.303 e. The van der Waals surface area contributed by atoms with Crippen LogP contribution < -0.4 is 0 Å². The van der Waals surface area contributed by atoms with E-state index in [1.807, 2.05) is 0 Å². The number of hydrogen-bond donors (Lipinski definition) is 1. The highest BCUT2D eigenvalue weighted by molar-refractivity contribution is 7.89. The summed E-state index contributed by atoms with van der Waals surface area (Å²) in [6.45, 7) is 2.39. The van der Waals surface area contributed by atoms with Gasteiger partial charge in [-0.2, -0.15) is 4.31 Å². The van der Waals surface area contributed by atoms with E-state index < -0.39 is 21.2 Å². The lowest BCUT2D eigenvalue weighted by Crippen LogP contribution is -2.51. The van der Waals surface area contributed by atoms with E-state index >= 15 is 0 Å². The van der Waals surface area contributed by atoms with Gasteiger partial charge in [0.05, 0.1) is 18.5 Å². The van der Waals surface area contributed by atoms with Crippen molar-refractivity contribution in [1.82, 2.24) is 9.21 Å². The Balaban J connectivity index is 1.86. The summed E-state index contributed by atoms with van der Waals surface area (Å²) in [4.78, 5) is 24.3. The summed E-state index contributed by atoms with van der Waals surface area (Å²) in [6.07, 6.45) is 2.56.